The minimum Gasteiger partial charge on any atom is -0.339 e. The zero-order valence-electron chi connectivity index (χ0n) is 11.7. The lowest BCUT2D eigenvalue weighted by atomic mass is 9.85. The number of piperidine rings is 1. The fourth-order valence-corrected chi connectivity index (χ4v) is 2.89. The number of allylic oxidation sites excluding steroid dienone is 2. The quantitative estimate of drug-likeness (QED) is 0.683. The molecule has 1 atom stereocenters. The number of rotatable bonds is 2. The van der Waals surface area contributed by atoms with Crippen molar-refractivity contribution in [3.05, 3.63) is 23.8 Å². The van der Waals surface area contributed by atoms with Gasteiger partial charge in [-0.25, -0.2) is 0 Å². The average molecular weight is 247 g/mol. The van der Waals surface area contributed by atoms with Gasteiger partial charge in [-0.3, -0.25) is 4.79 Å². The van der Waals surface area contributed by atoms with Gasteiger partial charge in [-0.15, -0.1) is 0 Å². The van der Waals surface area contributed by atoms with Gasteiger partial charge in [0.1, 0.15) is 0 Å². The lowest BCUT2D eigenvalue weighted by Gasteiger charge is -2.32. The van der Waals surface area contributed by atoms with Crippen LogP contribution in [0.15, 0.2) is 23.8 Å². The van der Waals surface area contributed by atoms with Crippen molar-refractivity contribution in [2.24, 2.45) is 11.8 Å². The monoisotopic (exact) mass is 247 g/mol. The van der Waals surface area contributed by atoms with Crippen LogP contribution < -0.4 is 0 Å². The fourth-order valence-electron chi connectivity index (χ4n) is 2.89. The summed E-state index contributed by atoms with van der Waals surface area (Å²) >= 11 is 0. The van der Waals surface area contributed by atoms with Crippen molar-refractivity contribution in [3.8, 4) is 0 Å². The van der Waals surface area contributed by atoms with Crippen LogP contribution in [0.4, 0.5) is 0 Å². The Bertz CT molecular complexity index is 361. The highest BCUT2D eigenvalue weighted by molar-refractivity contribution is 5.93. The number of likely N-dealkylation sites (tertiary alicyclic amines) is 1. The molecule has 1 heterocycles. The van der Waals surface area contributed by atoms with Gasteiger partial charge in [0.05, 0.1) is 0 Å². The van der Waals surface area contributed by atoms with Crippen molar-refractivity contribution in [1.29, 1.82) is 0 Å². The molecule has 1 fully saturated rings. The first-order valence-corrected chi connectivity index (χ1v) is 7.21. The first-order chi connectivity index (χ1) is 8.58. The highest BCUT2D eigenvalue weighted by Gasteiger charge is 2.25. The summed E-state index contributed by atoms with van der Waals surface area (Å²) in [5.74, 6) is 1.66. The molecule has 1 aliphatic carbocycles. The largest absolute Gasteiger partial charge is 0.339 e. The maximum atomic E-state index is 12.4. The molecular weight excluding hydrogens is 222 g/mol. The summed E-state index contributed by atoms with van der Waals surface area (Å²) in [6.07, 6.45) is 7.50. The Hall–Kier alpha value is -1.05. The minimum atomic E-state index is 0.294. The van der Waals surface area contributed by atoms with E-state index in [2.05, 4.69) is 26.5 Å². The zero-order chi connectivity index (χ0) is 13.1. The molecule has 0 N–H and O–H groups in total. The second kappa shape index (κ2) is 5.73. The topological polar surface area (TPSA) is 20.3 Å². The predicted octanol–water partition coefficient (Wildman–Crippen LogP) is 3.55. The lowest BCUT2D eigenvalue weighted by Crippen LogP contribution is -2.39. The van der Waals surface area contributed by atoms with Crippen LogP contribution in [0.5, 0.6) is 0 Å². The number of carbonyl (C=O) groups is 1. The number of carbonyl (C=O) groups excluding carboxylic acids is 1. The Morgan fingerprint density at radius 3 is 2.50 bits per heavy atom. The molecule has 18 heavy (non-hydrogen) atoms. The molecule has 1 aliphatic heterocycles. The maximum absolute atomic E-state index is 12.4. The van der Waals surface area contributed by atoms with Crippen LogP contribution in [-0.4, -0.2) is 23.9 Å². The van der Waals surface area contributed by atoms with Crippen molar-refractivity contribution >= 4 is 5.91 Å². The van der Waals surface area contributed by atoms with E-state index < -0.39 is 0 Å². The first-order valence-electron chi connectivity index (χ1n) is 7.21. The second-order valence-electron chi connectivity index (χ2n) is 6.02. The normalized spacial score (nSPS) is 25.8. The SMILES string of the molecule is C=C(C)C1CC=C(C(=O)N2CCC(C)CC2)CC1. The predicted molar refractivity (Wildman–Crippen MR) is 75.2 cm³/mol. The Kier molecular flexibility index (Phi) is 4.26. The van der Waals surface area contributed by atoms with Crippen LogP contribution in [-0.2, 0) is 4.79 Å². The molecule has 0 spiro atoms. The van der Waals surface area contributed by atoms with E-state index in [0.717, 1.165) is 56.7 Å². The molecule has 100 valence electrons. The van der Waals surface area contributed by atoms with Crippen LogP contribution in [0.1, 0.15) is 46.0 Å². The summed E-state index contributed by atoms with van der Waals surface area (Å²) in [5.41, 5.74) is 2.30. The third kappa shape index (κ3) is 3.04. The van der Waals surface area contributed by atoms with Gasteiger partial charge in [-0.2, -0.15) is 0 Å². The number of nitrogens with zero attached hydrogens (tertiary/aromatic N) is 1. The van der Waals surface area contributed by atoms with E-state index in [1.54, 1.807) is 0 Å². The molecule has 0 bridgehead atoms. The molecule has 0 aromatic rings. The second-order valence-corrected chi connectivity index (χ2v) is 6.02. The molecule has 0 saturated carbocycles. The minimum absolute atomic E-state index is 0.294. The number of hydrogen-bond donors (Lipinski definition) is 0. The summed E-state index contributed by atoms with van der Waals surface area (Å²) in [4.78, 5) is 14.4. The van der Waals surface area contributed by atoms with Crippen LogP contribution >= 0.6 is 0 Å². The van der Waals surface area contributed by atoms with E-state index in [4.69, 9.17) is 0 Å². The van der Waals surface area contributed by atoms with Gasteiger partial charge in [0.15, 0.2) is 0 Å². The molecule has 0 aromatic heterocycles. The van der Waals surface area contributed by atoms with Gasteiger partial charge in [-0.05, 0) is 50.9 Å². The van der Waals surface area contributed by atoms with Crippen molar-refractivity contribution in [3.63, 3.8) is 0 Å². The van der Waals surface area contributed by atoms with Crippen molar-refractivity contribution in [2.75, 3.05) is 13.1 Å². The van der Waals surface area contributed by atoms with Crippen LogP contribution in [0.3, 0.4) is 0 Å². The lowest BCUT2D eigenvalue weighted by molar-refractivity contribution is -0.128. The summed E-state index contributed by atoms with van der Waals surface area (Å²) in [5, 5.41) is 0. The molecule has 1 saturated heterocycles. The molecular formula is C16H25NO. The average Bonchev–Trinajstić information content (AvgIpc) is 2.39. The first kappa shape index (κ1) is 13.4. The standard InChI is InChI=1S/C16H25NO/c1-12(2)14-4-6-15(7-5-14)16(18)17-10-8-13(3)9-11-17/h6,13-14H,1,4-5,7-11H2,2-3H3. The van der Waals surface area contributed by atoms with Gasteiger partial charge in [-0.1, -0.05) is 25.2 Å². The Labute approximate surface area is 111 Å². The van der Waals surface area contributed by atoms with Crippen molar-refractivity contribution < 1.29 is 4.79 Å². The Morgan fingerprint density at radius 1 is 1.33 bits per heavy atom. The van der Waals surface area contributed by atoms with E-state index >= 15 is 0 Å². The summed E-state index contributed by atoms with van der Waals surface area (Å²) < 4.78 is 0. The highest BCUT2D eigenvalue weighted by Crippen LogP contribution is 2.29. The Balaban J connectivity index is 1.92. The van der Waals surface area contributed by atoms with Gasteiger partial charge >= 0.3 is 0 Å². The van der Waals surface area contributed by atoms with Gasteiger partial charge in [0.2, 0.25) is 5.91 Å². The molecule has 2 rings (SSSR count). The smallest absolute Gasteiger partial charge is 0.249 e. The molecule has 1 amide bonds. The van der Waals surface area contributed by atoms with Crippen LogP contribution in [0, 0.1) is 11.8 Å². The van der Waals surface area contributed by atoms with E-state index in [1.165, 1.54) is 5.57 Å². The van der Waals surface area contributed by atoms with Gasteiger partial charge < -0.3 is 4.90 Å². The molecule has 2 nitrogen and oxygen atoms in total. The zero-order valence-corrected chi connectivity index (χ0v) is 11.7. The van der Waals surface area contributed by atoms with Crippen LogP contribution in [0.25, 0.3) is 0 Å². The maximum Gasteiger partial charge on any atom is 0.249 e. The van der Waals surface area contributed by atoms with E-state index in [-0.39, 0.29) is 0 Å². The molecule has 2 aliphatic rings. The molecule has 0 aromatic carbocycles. The van der Waals surface area contributed by atoms with Gasteiger partial charge in [0, 0.05) is 18.7 Å². The van der Waals surface area contributed by atoms with E-state index in [1.807, 2.05) is 4.90 Å². The Morgan fingerprint density at radius 2 is 2.00 bits per heavy atom. The molecule has 0 radical (unpaired) electrons. The number of hydrogen-bond acceptors (Lipinski definition) is 1. The molecule has 2 heteroatoms. The van der Waals surface area contributed by atoms with E-state index in [0.29, 0.717) is 11.8 Å². The van der Waals surface area contributed by atoms with E-state index in [9.17, 15) is 4.79 Å². The third-order valence-electron chi connectivity index (χ3n) is 4.45. The number of amides is 1. The van der Waals surface area contributed by atoms with Crippen molar-refractivity contribution in [2.45, 2.75) is 46.0 Å². The summed E-state index contributed by atoms with van der Waals surface area (Å²) in [7, 11) is 0. The summed E-state index contributed by atoms with van der Waals surface area (Å²) in [6, 6.07) is 0. The van der Waals surface area contributed by atoms with Crippen LogP contribution in [0.2, 0.25) is 0 Å². The van der Waals surface area contributed by atoms with Gasteiger partial charge in [0.25, 0.3) is 0 Å². The van der Waals surface area contributed by atoms with Crippen molar-refractivity contribution in [1.82, 2.24) is 4.90 Å². The molecule has 1 unspecified atom stereocenters. The summed E-state index contributed by atoms with van der Waals surface area (Å²) in [6.45, 7) is 10.3. The fraction of sp³-hybridized carbons (Fsp3) is 0.688. The third-order valence-corrected chi connectivity index (χ3v) is 4.45. The highest BCUT2D eigenvalue weighted by atomic mass is 16.2.